The molecule has 0 unspecified atom stereocenters. The number of fused-ring (bicyclic) bond motifs is 1. The molecule has 0 amide bonds. The van der Waals surface area contributed by atoms with Gasteiger partial charge >= 0.3 is 16.1 Å². The largest absolute Gasteiger partial charge is 0.478 e. The van der Waals surface area contributed by atoms with Gasteiger partial charge < -0.3 is 9.29 Å². The molecule has 0 saturated heterocycles. The number of carboxylic acids is 1. The summed E-state index contributed by atoms with van der Waals surface area (Å²) >= 11 is 0. The van der Waals surface area contributed by atoms with Crippen molar-refractivity contribution in [3.8, 4) is 5.75 Å². The van der Waals surface area contributed by atoms with Crippen LogP contribution >= 0.6 is 0 Å². The van der Waals surface area contributed by atoms with Crippen LogP contribution in [0.3, 0.4) is 0 Å². The van der Waals surface area contributed by atoms with Gasteiger partial charge in [-0.1, -0.05) is 42.5 Å². The quantitative estimate of drug-likeness (QED) is 0.743. The van der Waals surface area contributed by atoms with Gasteiger partial charge in [-0.2, -0.15) is 8.42 Å². The predicted molar refractivity (Wildman–Crippen MR) is 85.2 cm³/mol. The van der Waals surface area contributed by atoms with Crippen LogP contribution in [0.4, 0.5) is 0 Å². The summed E-state index contributed by atoms with van der Waals surface area (Å²) in [5, 5.41) is 9.88. The fourth-order valence-corrected chi connectivity index (χ4v) is 3.46. The van der Waals surface area contributed by atoms with Crippen LogP contribution in [0.2, 0.25) is 0 Å². The normalized spacial score (nSPS) is 11.3. The van der Waals surface area contributed by atoms with Crippen LogP contribution in [0, 0.1) is 0 Å². The first kappa shape index (κ1) is 15.1. The van der Waals surface area contributed by atoms with Gasteiger partial charge in [0.2, 0.25) is 0 Å². The lowest BCUT2D eigenvalue weighted by Gasteiger charge is -2.11. The Kier molecular flexibility index (Phi) is 3.75. The first-order valence-electron chi connectivity index (χ1n) is 6.73. The van der Waals surface area contributed by atoms with Crippen molar-refractivity contribution in [1.82, 2.24) is 0 Å². The molecule has 1 N–H and O–H groups in total. The molecule has 0 aliphatic rings. The molecule has 0 aliphatic carbocycles. The van der Waals surface area contributed by atoms with Crippen LogP contribution in [0.5, 0.6) is 5.75 Å². The Morgan fingerprint density at radius 2 is 1.43 bits per heavy atom. The number of aromatic carboxylic acids is 1. The molecular formula is C17H12O5S. The number of hydrogen-bond donors (Lipinski definition) is 1. The number of rotatable bonds is 4. The molecule has 0 bridgehead atoms. The number of para-hydroxylation sites is 1. The summed E-state index contributed by atoms with van der Waals surface area (Å²) in [4.78, 5) is 11.2. The number of carboxylic acid groups (broad SMARTS) is 1. The molecule has 0 saturated carbocycles. The molecule has 5 nitrogen and oxygen atoms in total. The molecule has 0 aliphatic heterocycles. The summed E-state index contributed by atoms with van der Waals surface area (Å²) in [6.07, 6.45) is 0. The maximum Gasteiger partial charge on any atom is 0.339 e. The molecular weight excluding hydrogens is 316 g/mol. The second kappa shape index (κ2) is 5.73. The van der Waals surface area contributed by atoms with Crippen molar-refractivity contribution in [2.45, 2.75) is 4.90 Å². The lowest BCUT2D eigenvalue weighted by atomic mass is 10.0. The number of hydrogen-bond acceptors (Lipinski definition) is 4. The third-order valence-electron chi connectivity index (χ3n) is 3.33. The Labute approximate surface area is 132 Å². The first-order chi connectivity index (χ1) is 11.0. The summed E-state index contributed by atoms with van der Waals surface area (Å²) in [6.45, 7) is 0. The number of carbonyl (C=O) groups is 1. The Morgan fingerprint density at radius 1 is 0.826 bits per heavy atom. The van der Waals surface area contributed by atoms with Crippen LogP contribution in [-0.2, 0) is 10.1 Å². The van der Waals surface area contributed by atoms with Gasteiger partial charge in [0.1, 0.15) is 10.6 Å². The van der Waals surface area contributed by atoms with Crippen molar-refractivity contribution in [2.24, 2.45) is 0 Å². The van der Waals surface area contributed by atoms with Crippen LogP contribution < -0.4 is 4.18 Å². The smallest absolute Gasteiger partial charge is 0.339 e. The van der Waals surface area contributed by atoms with Gasteiger partial charge in [-0.05, 0) is 29.7 Å². The minimum absolute atomic E-state index is 0.0410. The minimum atomic E-state index is -4.08. The summed E-state index contributed by atoms with van der Waals surface area (Å²) in [5.74, 6) is -0.923. The van der Waals surface area contributed by atoms with Crippen LogP contribution in [0.1, 0.15) is 10.4 Å². The number of benzene rings is 3. The van der Waals surface area contributed by atoms with E-state index in [9.17, 15) is 18.3 Å². The molecule has 0 radical (unpaired) electrons. The summed E-state index contributed by atoms with van der Waals surface area (Å²) < 4.78 is 30.2. The van der Waals surface area contributed by atoms with Crippen molar-refractivity contribution in [2.75, 3.05) is 0 Å². The van der Waals surface area contributed by atoms with E-state index in [0.717, 1.165) is 0 Å². The average Bonchev–Trinajstić information content (AvgIpc) is 2.54. The monoisotopic (exact) mass is 328 g/mol. The van der Waals surface area contributed by atoms with Gasteiger partial charge in [-0.3, -0.25) is 0 Å². The van der Waals surface area contributed by atoms with Gasteiger partial charge in [0, 0.05) is 5.39 Å². The first-order valence-corrected chi connectivity index (χ1v) is 8.14. The van der Waals surface area contributed by atoms with Crippen molar-refractivity contribution in [1.29, 1.82) is 0 Å². The standard InChI is InChI=1S/C17H12O5S/c18-17(19)15-10-11-16(14-9-5-4-8-13(14)15)23(20,21)22-12-6-2-1-3-7-12/h1-11H,(H,18,19). The van der Waals surface area contributed by atoms with Gasteiger partial charge in [0.15, 0.2) is 0 Å². The molecule has 23 heavy (non-hydrogen) atoms. The van der Waals surface area contributed by atoms with Gasteiger partial charge in [0.25, 0.3) is 0 Å². The van der Waals surface area contributed by atoms with Gasteiger partial charge in [-0.15, -0.1) is 0 Å². The second-order valence-corrected chi connectivity index (χ2v) is 6.33. The Bertz CT molecular complexity index is 978. The lowest BCUT2D eigenvalue weighted by Crippen LogP contribution is -2.11. The van der Waals surface area contributed by atoms with E-state index in [2.05, 4.69) is 0 Å². The molecule has 3 aromatic carbocycles. The van der Waals surface area contributed by atoms with E-state index in [0.29, 0.717) is 10.8 Å². The van der Waals surface area contributed by atoms with Crippen LogP contribution in [-0.4, -0.2) is 19.5 Å². The summed E-state index contributed by atoms with van der Waals surface area (Å²) in [6, 6.07) is 17.1. The zero-order chi connectivity index (χ0) is 16.4. The second-order valence-electron chi connectivity index (χ2n) is 4.81. The fraction of sp³-hybridized carbons (Fsp3) is 0. The average molecular weight is 328 g/mol. The highest BCUT2D eigenvalue weighted by atomic mass is 32.2. The Hall–Kier alpha value is -2.86. The zero-order valence-electron chi connectivity index (χ0n) is 11.8. The molecule has 0 atom stereocenters. The van der Waals surface area contributed by atoms with E-state index < -0.39 is 16.1 Å². The SMILES string of the molecule is O=C(O)c1ccc(S(=O)(=O)Oc2ccccc2)c2ccccc12. The fourth-order valence-electron chi connectivity index (χ4n) is 2.32. The van der Waals surface area contributed by atoms with E-state index in [4.69, 9.17) is 4.18 Å². The van der Waals surface area contributed by atoms with Crippen LogP contribution in [0.25, 0.3) is 10.8 Å². The summed E-state index contributed by atoms with van der Waals surface area (Å²) in [5.41, 5.74) is 0.0410. The maximum atomic E-state index is 12.5. The zero-order valence-corrected chi connectivity index (χ0v) is 12.7. The van der Waals surface area contributed by atoms with Crippen molar-refractivity contribution in [3.05, 3.63) is 72.3 Å². The molecule has 3 aromatic rings. The van der Waals surface area contributed by atoms with Gasteiger partial charge in [0.05, 0.1) is 5.56 Å². The van der Waals surface area contributed by atoms with Crippen molar-refractivity contribution in [3.63, 3.8) is 0 Å². The third kappa shape index (κ3) is 2.89. The van der Waals surface area contributed by atoms with E-state index in [1.165, 1.54) is 24.3 Å². The molecule has 0 aromatic heterocycles. The molecule has 0 heterocycles. The summed E-state index contributed by atoms with van der Waals surface area (Å²) in [7, 11) is -4.08. The Balaban J connectivity index is 2.17. The van der Waals surface area contributed by atoms with E-state index >= 15 is 0 Å². The highest BCUT2D eigenvalue weighted by molar-refractivity contribution is 7.87. The molecule has 0 spiro atoms. The van der Waals surface area contributed by atoms with Crippen LogP contribution in [0.15, 0.2) is 71.6 Å². The Morgan fingerprint density at radius 3 is 2.09 bits per heavy atom. The molecule has 3 rings (SSSR count). The van der Waals surface area contributed by atoms with E-state index in [-0.39, 0.29) is 16.2 Å². The maximum absolute atomic E-state index is 12.5. The highest BCUT2D eigenvalue weighted by Gasteiger charge is 2.22. The topological polar surface area (TPSA) is 80.7 Å². The van der Waals surface area contributed by atoms with Crippen molar-refractivity contribution < 1.29 is 22.5 Å². The minimum Gasteiger partial charge on any atom is -0.478 e. The molecule has 6 heteroatoms. The van der Waals surface area contributed by atoms with E-state index in [1.54, 1.807) is 42.5 Å². The van der Waals surface area contributed by atoms with Crippen molar-refractivity contribution >= 4 is 26.9 Å². The third-order valence-corrected chi connectivity index (χ3v) is 4.64. The molecule has 116 valence electrons. The highest BCUT2D eigenvalue weighted by Crippen LogP contribution is 2.28. The lowest BCUT2D eigenvalue weighted by molar-refractivity contribution is 0.0699. The van der Waals surface area contributed by atoms with E-state index in [1.807, 2.05) is 0 Å². The van der Waals surface area contributed by atoms with Gasteiger partial charge in [-0.25, -0.2) is 4.79 Å². The molecule has 0 fully saturated rings. The predicted octanol–water partition coefficient (Wildman–Crippen LogP) is 3.31.